The fourth-order valence-electron chi connectivity index (χ4n) is 1.20. The molecule has 1 aliphatic heterocycles. The van der Waals surface area contributed by atoms with Crippen molar-refractivity contribution in [2.75, 3.05) is 33.2 Å². The van der Waals surface area contributed by atoms with E-state index in [2.05, 4.69) is 17.3 Å². The Morgan fingerprint density at radius 1 is 1.41 bits per heavy atom. The van der Waals surface area contributed by atoms with Gasteiger partial charge in [-0.15, -0.1) is 0 Å². The number of carbonyl (C=O) groups excluding carboxylic acids is 1. The number of nitrogens with one attached hydrogen (secondary N) is 1. The molecule has 1 aliphatic rings. The van der Waals surface area contributed by atoms with Crippen LogP contribution in [0.2, 0.25) is 0 Å². The van der Waals surface area contributed by atoms with E-state index in [9.17, 15) is 9.59 Å². The molecule has 0 aromatic heterocycles. The molecule has 100 valence electrons. The highest BCUT2D eigenvalue weighted by Gasteiger charge is 2.11. The highest BCUT2D eigenvalue weighted by molar-refractivity contribution is 5.76. The van der Waals surface area contributed by atoms with Crippen LogP contribution >= 0.6 is 0 Å². The molecule has 7 heteroatoms. The Kier molecular flexibility index (Phi) is 8.29. The molecule has 1 fully saturated rings. The summed E-state index contributed by atoms with van der Waals surface area (Å²) in [7, 11) is 2.15. The summed E-state index contributed by atoms with van der Waals surface area (Å²) in [4.78, 5) is 22.5. The molecule has 1 heterocycles. The summed E-state index contributed by atoms with van der Waals surface area (Å²) in [5.41, 5.74) is 9.81. The fraction of sp³-hybridized carbons (Fsp3) is 0.800. The number of nitrogens with zero attached hydrogens (tertiary/aromatic N) is 1. The van der Waals surface area contributed by atoms with Crippen molar-refractivity contribution >= 4 is 11.9 Å². The van der Waals surface area contributed by atoms with Crippen LogP contribution in [0.15, 0.2) is 0 Å². The van der Waals surface area contributed by atoms with Crippen molar-refractivity contribution < 1.29 is 14.7 Å². The molecular formula is C10H22N4O3. The minimum atomic E-state index is -1.11. The number of carboxylic acids is 1. The van der Waals surface area contributed by atoms with Gasteiger partial charge >= 0.3 is 5.97 Å². The van der Waals surface area contributed by atoms with Gasteiger partial charge in [-0.05, 0) is 13.5 Å². The number of carboxylic acid groups (broad SMARTS) is 1. The molecule has 1 atom stereocenters. The smallest absolute Gasteiger partial charge is 0.320 e. The predicted molar refractivity (Wildman–Crippen MR) is 64.4 cm³/mol. The van der Waals surface area contributed by atoms with Crippen LogP contribution in [-0.2, 0) is 9.59 Å². The molecule has 1 saturated heterocycles. The second kappa shape index (κ2) is 8.91. The van der Waals surface area contributed by atoms with E-state index < -0.39 is 17.9 Å². The highest BCUT2D eigenvalue weighted by Crippen LogP contribution is 1.92. The van der Waals surface area contributed by atoms with Crippen molar-refractivity contribution in [3.8, 4) is 0 Å². The van der Waals surface area contributed by atoms with E-state index in [4.69, 9.17) is 16.6 Å². The van der Waals surface area contributed by atoms with Gasteiger partial charge < -0.3 is 26.8 Å². The summed E-state index contributed by atoms with van der Waals surface area (Å²) in [6.07, 6.45) is 0.123. The maximum absolute atomic E-state index is 10.1. The normalized spacial score (nSPS) is 17.8. The average Bonchev–Trinajstić information content (AvgIpc) is 2.27. The lowest BCUT2D eigenvalue weighted by atomic mass is 10.2. The SMILES string of the molecule is CN1CCNCC1.NC(=O)CC[C@H](N)C(=O)O. The molecule has 0 aromatic carbocycles. The maximum atomic E-state index is 10.1. The molecule has 1 rings (SSSR count). The third-order valence-corrected chi connectivity index (χ3v) is 2.36. The van der Waals surface area contributed by atoms with E-state index in [1.165, 1.54) is 13.1 Å². The number of likely N-dealkylation sites (N-methyl/N-ethyl adjacent to an activating group) is 1. The number of nitrogens with two attached hydrogens (primary N) is 2. The van der Waals surface area contributed by atoms with Gasteiger partial charge in [0, 0.05) is 32.6 Å². The number of rotatable bonds is 4. The highest BCUT2D eigenvalue weighted by atomic mass is 16.4. The van der Waals surface area contributed by atoms with Crippen LogP contribution in [0.1, 0.15) is 12.8 Å². The van der Waals surface area contributed by atoms with Crippen molar-refractivity contribution in [1.29, 1.82) is 0 Å². The van der Waals surface area contributed by atoms with Crippen molar-refractivity contribution in [2.24, 2.45) is 11.5 Å². The van der Waals surface area contributed by atoms with Crippen molar-refractivity contribution in [3.05, 3.63) is 0 Å². The van der Waals surface area contributed by atoms with Gasteiger partial charge in [-0.3, -0.25) is 9.59 Å². The first-order valence-electron chi connectivity index (χ1n) is 5.59. The Labute approximate surface area is 101 Å². The van der Waals surface area contributed by atoms with Gasteiger partial charge in [0.25, 0.3) is 0 Å². The van der Waals surface area contributed by atoms with E-state index in [0.717, 1.165) is 13.1 Å². The number of aliphatic carboxylic acids is 1. The van der Waals surface area contributed by atoms with E-state index in [1.54, 1.807) is 0 Å². The molecule has 0 bridgehead atoms. The average molecular weight is 246 g/mol. The van der Waals surface area contributed by atoms with Crippen LogP contribution < -0.4 is 16.8 Å². The quantitative estimate of drug-likeness (QED) is 0.463. The number of piperazine rings is 1. The van der Waals surface area contributed by atoms with Crippen LogP contribution in [0.4, 0.5) is 0 Å². The molecule has 0 aliphatic carbocycles. The number of primary amides is 1. The molecular weight excluding hydrogens is 224 g/mol. The second-order valence-corrected chi connectivity index (χ2v) is 4.00. The van der Waals surface area contributed by atoms with Gasteiger partial charge in [0.05, 0.1) is 0 Å². The maximum Gasteiger partial charge on any atom is 0.320 e. The minimum Gasteiger partial charge on any atom is -0.480 e. The number of carbonyl (C=O) groups is 2. The molecule has 7 nitrogen and oxygen atoms in total. The Morgan fingerprint density at radius 3 is 2.24 bits per heavy atom. The van der Waals surface area contributed by atoms with E-state index in [-0.39, 0.29) is 12.8 Å². The molecule has 0 saturated carbocycles. The Morgan fingerprint density at radius 2 is 1.94 bits per heavy atom. The predicted octanol–water partition coefficient (Wildman–Crippen LogP) is -1.81. The number of hydrogen-bond acceptors (Lipinski definition) is 5. The number of hydrogen-bond donors (Lipinski definition) is 4. The summed E-state index contributed by atoms with van der Waals surface area (Å²) in [5, 5.41) is 11.5. The summed E-state index contributed by atoms with van der Waals surface area (Å²) < 4.78 is 0. The summed E-state index contributed by atoms with van der Waals surface area (Å²) in [6.45, 7) is 4.74. The lowest BCUT2D eigenvalue weighted by Gasteiger charge is -2.21. The van der Waals surface area contributed by atoms with E-state index in [0.29, 0.717) is 0 Å². The second-order valence-electron chi connectivity index (χ2n) is 4.00. The van der Waals surface area contributed by atoms with Gasteiger partial charge in [-0.2, -0.15) is 0 Å². The van der Waals surface area contributed by atoms with Crippen LogP contribution in [0, 0.1) is 0 Å². The zero-order valence-corrected chi connectivity index (χ0v) is 10.2. The summed E-state index contributed by atoms with van der Waals surface area (Å²) in [6, 6.07) is -0.979. The summed E-state index contributed by atoms with van der Waals surface area (Å²) >= 11 is 0. The third kappa shape index (κ3) is 9.73. The molecule has 0 aromatic rings. The van der Waals surface area contributed by atoms with Gasteiger partial charge in [-0.1, -0.05) is 0 Å². The number of amides is 1. The topological polar surface area (TPSA) is 122 Å². The Hall–Kier alpha value is -1.18. The van der Waals surface area contributed by atoms with Gasteiger partial charge in [0.1, 0.15) is 6.04 Å². The van der Waals surface area contributed by atoms with E-state index in [1.807, 2.05) is 0 Å². The zero-order chi connectivity index (χ0) is 13.3. The van der Waals surface area contributed by atoms with Crippen LogP contribution in [0.25, 0.3) is 0 Å². The van der Waals surface area contributed by atoms with Crippen molar-refractivity contribution in [3.63, 3.8) is 0 Å². The Balaban J connectivity index is 0.000000318. The third-order valence-electron chi connectivity index (χ3n) is 2.36. The largest absolute Gasteiger partial charge is 0.480 e. The molecule has 0 radical (unpaired) electrons. The van der Waals surface area contributed by atoms with Crippen LogP contribution in [0.3, 0.4) is 0 Å². The molecule has 0 unspecified atom stereocenters. The minimum absolute atomic E-state index is 0.0213. The monoisotopic (exact) mass is 246 g/mol. The first-order valence-corrected chi connectivity index (χ1v) is 5.59. The summed E-state index contributed by atoms with van der Waals surface area (Å²) in [5.74, 6) is -1.64. The standard InChI is InChI=1S/C5H10N2O3.C5H12N2/c6-3(5(9)10)1-2-4(7)8;1-7-4-2-6-3-5-7/h3H,1-2,6H2,(H2,7,8)(H,9,10);6H,2-5H2,1H3/t3-;/m0./s1. The van der Waals surface area contributed by atoms with Gasteiger partial charge in [-0.25, -0.2) is 0 Å². The lowest BCUT2D eigenvalue weighted by Crippen LogP contribution is -2.40. The van der Waals surface area contributed by atoms with E-state index >= 15 is 0 Å². The van der Waals surface area contributed by atoms with Gasteiger partial charge in [0.15, 0.2) is 0 Å². The zero-order valence-electron chi connectivity index (χ0n) is 10.2. The fourth-order valence-corrected chi connectivity index (χ4v) is 1.20. The first-order chi connectivity index (χ1) is 7.93. The molecule has 17 heavy (non-hydrogen) atoms. The van der Waals surface area contributed by atoms with Crippen molar-refractivity contribution in [1.82, 2.24) is 10.2 Å². The van der Waals surface area contributed by atoms with Crippen LogP contribution in [-0.4, -0.2) is 61.2 Å². The molecule has 0 spiro atoms. The van der Waals surface area contributed by atoms with Gasteiger partial charge in [0.2, 0.25) is 5.91 Å². The molecule has 6 N–H and O–H groups in total. The first kappa shape index (κ1) is 15.8. The molecule has 1 amide bonds. The van der Waals surface area contributed by atoms with Crippen molar-refractivity contribution in [2.45, 2.75) is 18.9 Å². The van der Waals surface area contributed by atoms with Crippen LogP contribution in [0.5, 0.6) is 0 Å². The Bertz CT molecular complexity index is 242. The lowest BCUT2D eigenvalue weighted by molar-refractivity contribution is -0.138.